The maximum absolute atomic E-state index is 13.2. The molecule has 1 N–H and O–H groups in total. The lowest BCUT2D eigenvalue weighted by molar-refractivity contribution is -0.137. The molecule has 0 aliphatic carbocycles. The molecule has 0 atom stereocenters. The summed E-state index contributed by atoms with van der Waals surface area (Å²) in [5.41, 5.74) is 1.32. The number of imide groups is 1. The zero-order chi connectivity index (χ0) is 19.4. The maximum atomic E-state index is 13.2. The quantitative estimate of drug-likeness (QED) is 0.759. The predicted molar refractivity (Wildman–Crippen MR) is 98.5 cm³/mol. The molecule has 0 unspecified atom stereocenters. The maximum Gasteiger partial charge on any atom is 0.278 e. The van der Waals surface area contributed by atoms with E-state index < -0.39 is 17.6 Å². The van der Waals surface area contributed by atoms with Gasteiger partial charge in [-0.05, 0) is 30.3 Å². The minimum absolute atomic E-state index is 0.118. The molecule has 140 valence electrons. The molecule has 0 bridgehead atoms. The van der Waals surface area contributed by atoms with Crippen molar-refractivity contribution in [1.29, 1.82) is 0 Å². The van der Waals surface area contributed by atoms with Gasteiger partial charge in [-0.25, -0.2) is 4.39 Å². The van der Waals surface area contributed by atoms with Crippen molar-refractivity contribution in [3.05, 3.63) is 65.6 Å². The van der Waals surface area contributed by atoms with Crippen LogP contribution in [0.4, 0.5) is 10.1 Å². The topological polar surface area (TPSA) is 67.9 Å². The molecule has 2 aromatic rings. The number of hydrogen-bond donors (Lipinski definition) is 1. The molecule has 0 saturated heterocycles. The first kappa shape index (κ1) is 18.6. The number of anilines is 1. The SMILES string of the molecule is COCCN1C(=O)C(Nc2ccc(F)cc2)=C(c2ccccc2OC)C1=O. The molecule has 2 amide bonds. The normalized spacial score (nSPS) is 14.1. The summed E-state index contributed by atoms with van der Waals surface area (Å²) in [6.45, 7) is 0.349. The number of halogens is 1. The largest absolute Gasteiger partial charge is 0.496 e. The Morgan fingerprint density at radius 3 is 2.37 bits per heavy atom. The number of hydrogen-bond acceptors (Lipinski definition) is 5. The van der Waals surface area contributed by atoms with Gasteiger partial charge in [-0.2, -0.15) is 0 Å². The zero-order valence-corrected chi connectivity index (χ0v) is 15.0. The Morgan fingerprint density at radius 1 is 1.00 bits per heavy atom. The molecule has 27 heavy (non-hydrogen) atoms. The van der Waals surface area contributed by atoms with Crippen LogP contribution in [0.1, 0.15) is 5.56 Å². The molecular formula is C20H19FN2O4. The molecule has 0 aromatic heterocycles. The molecule has 1 aliphatic heterocycles. The van der Waals surface area contributed by atoms with E-state index in [1.807, 2.05) is 0 Å². The number of carbonyl (C=O) groups is 2. The summed E-state index contributed by atoms with van der Waals surface area (Å²) < 4.78 is 23.5. The van der Waals surface area contributed by atoms with Gasteiger partial charge in [-0.3, -0.25) is 14.5 Å². The van der Waals surface area contributed by atoms with Gasteiger partial charge in [0.15, 0.2) is 0 Å². The molecular weight excluding hydrogens is 351 g/mol. The van der Waals surface area contributed by atoms with Crippen LogP contribution in [0.3, 0.4) is 0 Å². The highest BCUT2D eigenvalue weighted by Gasteiger charge is 2.39. The van der Waals surface area contributed by atoms with E-state index in [0.717, 1.165) is 4.90 Å². The first-order valence-corrected chi connectivity index (χ1v) is 8.32. The van der Waals surface area contributed by atoms with E-state index in [9.17, 15) is 14.0 Å². The van der Waals surface area contributed by atoms with E-state index in [1.165, 1.54) is 38.5 Å². The van der Waals surface area contributed by atoms with Gasteiger partial charge in [0, 0.05) is 18.4 Å². The minimum Gasteiger partial charge on any atom is -0.496 e. The Kier molecular flexibility index (Phi) is 5.52. The van der Waals surface area contributed by atoms with Crippen LogP contribution in [0.25, 0.3) is 5.57 Å². The number of nitrogens with one attached hydrogen (secondary N) is 1. The highest BCUT2D eigenvalue weighted by molar-refractivity contribution is 6.37. The molecule has 3 rings (SSSR count). The zero-order valence-electron chi connectivity index (χ0n) is 15.0. The molecule has 0 radical (unpaired) electrons. The highest BCUT2D eigenvalue weighted by Crippen LogP contribution is 2.35. The molecule has 0 saturated carbocycles. The van der Waals surface area contributed by atoms with Crippen LogP contribution in [0, 0.1) is 5.82 Å². The van der Waals surface area contributed by atoms with Gasteiger partial charge in [0.25, 0.3) is 11.8 Å². The van der Waals surface area contributed by atoms with E-state index in [2.05, 4.69) is 5.32 Å². The molecule has 1 heterocycles. The van der Waals surface area contributed by atoms with Crippen LogP contribution in [-0.2, 0) is 14.3 Å². The Balaban J connectivity index is 2.07. The molecule has 6 nitrogen and oxygen atoms in total. The van der Waals surface area contributed by atoms with Crippen LogP contribution >= 0.6 is 0 Å². The van der Waals surface area contributed by atoms with Gasteiger partial charge in [0.2, 0.25) is 0 Å². The van der Waals surface area contributed by atoms with E-state index in [-0.39, 0.29) is 24.4 Å². The summed E-state index contributed by atoms with van der Waals surface area (Å²) in [7, 11) is 2.99. The number of amides is 2. The van der Waals surface area contributed by atoms with E-state index >= 15 is 0 Å². The van der Waals surface area contributed by atoms with Gasteiger partial charge >= 0.3 is 0 Å². The van der Waals surface area contributed by atoms with Gasteiger partial charge in [0.1, 0.15) is 17.3 Å². The van der Waals surface area contributed by atoms with Crippen molar-refractivity contribution in [2.45, 2.75) is 0 Å². The molecule has 2 aromatic carbocycles. The summed E-state index contributed by atoms with van der Waals surface area (Å²) in [4.78, 5) is 27.0. The number of rotatable bonds is 7. The number of para-hydroxylation sites is 1. The average molecular weight is 370 g/mol. The van der Waals surface area contributed by atoms with Crippen LogP contribution in [0.15, 0.2) is 54.2 Å². The van der Waals surface area contributed by atoms with Crippen LogP contribution in [0.2, 0.25) is 0 Å². The fraction of sp³-hybridized carbons (Fsp3) is 0.200. The van der Waals surface area contributed by atoms with Crippen molar-refractivity contribution < 1.29 is 23.5 Å². The second-order valence-corrected chi connectivity index (χ2v) is 5.84. The summed E-state index contributed by atoms with van der Waals surface area (Å²) in [5.74, 6) is -0.830. The van der Waals surface area contributed by atoms with Crippen molar-refractivity contribution in [2.24, 2.45) is 0 Å². The molecule has 1 aliphatic rings. The second-order valence-electron chi connectivity index (χ2n) is 5.84. The van der Waals surface area contributed by atoms with E-state index in [0.29, 0.717) is 17.0 Å². The Hall–Kier alpha value is -3.19. The van der Waals surface area contributed by atoms with Gasteiger partial charge in [-0.15, -0.1) is 0 Å². The fourth-order valence-electron chi connectivity index (χ4n) is 2.86. The van der Waals surface area contributed by atoms with Gasteiger partial charge in [0.05, 0.1) is 25.8 Å². The van der Waals surface area contributed by atoms with Gasteiger partial charge < -0.3 is 14.8 Å². The number of benzene rings is 2. The standard InChI is InChI=1S/C20H19FN2O4/c1-26-12-11-23-19(24)17(15-5-3-4-6-16(15)27-2)18(20(23)25)22-14-9-7-13(21)8-10-14/h3-10,22H,11-12H2,1-2H3. The van der Waals surface area contributed by atoms with E-state index in [4.69, 9.17) is 9.47 Å². The van der Waals surface area contributed by atoms with Crippen LogP contribution < -0.4 is 10.1 Å². The van der Waals surface area contributed by atoms with Crippen LogP contribution in [-0.4, -0.2) is 44.1 Å². The van der Waals surface area contributed by atoms with E-state index in [1.54, 1.807) is 24.3 Å². The average Bonchev–Trinajstić information content (AvgIpc) is 2.91. The number of carbonyl (C=O) groups excluding carboxylic acids is 2. The molecule has 0 spiro atoms. The lowest BCUT2D eigenvalue weighted by atomic mass is 10.0. The Bertz CT molecular complexity index is 893. The minimum atomic E-state index is -0.470. The number of methoxy groups -OCH3 is 2. The number of nitrogens with zero attached hydrogens (tertiary/aromatic N) is 1. The number of ether oxygens (including phenoxy) is 2. The summed E-state index contributed by atoms with van der Waals surface area (Å²) in [6.07, 6.45) is 0. The summed E-state index contributed by atoms with van der Waals surface area (Å²) in [6, 6.07) is 12.5. The lowest BCUT2D eigenvalue weighted by Gasteiger charge is -2.14. The summed E-state index contributed by atoms with van der Waals surface area (Å²) in [5, 5.41) is 2.96. The third-order valence-electron chi connectivity index (χ3n) is 4.18. The third kappa shape index (κ3) is 3.68. The lowest BCUT2D eigenvalue weighted by Crippen LogP contribution is -2.35. The fourth-order valence-corrected chi connectivity index (χ4v) is 2.86. The van der Waals surface area contributed by atoms with Crippen molar-refractivity contribution in [2.75, 3.05) is 32.7 Å². The first-order valence-electron chi connectivity index (χ1n) is 8.32. The second kappa shape index (κ2) is 8.01. The predicted octanol–water partition coefficient (Wildman–Crippen LogP) is 2.67. The summed E-state index contributed by atoms with van der Waals surface area (Å²) >= 11 is 0. The van der Waals surface area contributed by atoms with Crippen molar-refractivity contribution in [3.63, 3.8) is 0 Å². The van der Waals surface area contributed by atoms with Crippen molar-refractivity contribution in [3.8, 4) is 5.75 Å². The Morgan fingerprint density at radius 2 is 1.70 bits per heavy atom. The highest BCUT2D eigenvalue weighted by atomic mass is 19.1. The molecule has 0 fully saturated rings. The first-order chi connectivity index (χ1) is 13.1. The molecule has 7 heteroatoms. The van der Waals surface area contributed by atoms with Crippen molar-refractivity contribution >= 4 is 23.1 Å². The third-order valence-corrected chi connectivity index (χ3v) is 4.18. The van der Waals surface area contributed by atoms with Crippen LogP contribution in [0.5, 0.6) is 5.75 Å². The van der Waals surface area contributed by atoms with Gasteiger partial charge in [-0.1, -0.05) is 18.2 Å². The Labute approximate surface area is 156 Å². The smallest absolute Gasteiger partial charge is 0.278 e. The monoisotopic (exact) mass is 370 g/mol. The van der Waals surface area contributed by atoms with Crippen molar-refractivity contribution in [1.82, 2.24) is 4.90 Å².